The zero-order valence-corrected chi connectivity index (χ0v) is 19.3. The van der Waals surface area contributed by atoms with Crippen molar-refractivity contribution in [2.24, 2.45) is 23.2 Å². The number of carbonyl (C=O) groups excluding carboxylic acids is 2. The third-order valence-electron chi connectivity index (χ3n) is 8.35. The van der Waals surface area contributed by atoms with Crippen LogP contribution in [0.15, 0.2) is 18.2 Å². The number of esters is 1. The minimum Gasteiger partial charge on any atom is -0.462 e. The highest BCUT2D eigenvalue weighted by Gasteiger charge is 2.51. The second-order valence-electron chi connectivity index (χ2n) is 10.6. The molecule has 33 heavy (non-hydrogen) atoms. The van der Waals surface area contributed by atoms with Crippen molar-refractivity contribution in [1.82, 2.24) is 4.90 Å². The van der Waals surface area contributed by atoms with E-state index in [0.717, 1.165) is 17.8 Å². The first-order valence-corrected chi connectivity index (χ1v) is 12.3. The number of anilines is 1. The molecule has 1 amide bonds. The SMILES string of the molecule is CCOC(=O)c1ccc(N2CCN(C(=O)CC34CC5CC(CC(C5)C3)C4)CC2)c([N+](=O)[O-])c1. The van der Waals surface area contributed by atoms with Gasteiger partial charge in [-0.05, 0) is 80.8 Å². The molecule has 4 aliphatic carbocycles. The number of nitrogens with zero attached hydrogens (tertiary/aromatic N) is 3. The molecule has 5 fully saturated rings. The fraction of sp³-hybridized carbons (Fsp3) is 0.680. The zero-order valence-electron chi connectivity index (χ0n) is 19.3. The molecule has 0 N–H and O–H groups in total. The molecule has 1 aromatic rings. The van der Waals surface area contributed by atoms with E-state index in [9.17, 15) is 19.7 Å². The summed E-state index contributed by atoms with van der Waals surface area (Å²) in [6, 6.07) is 4.49. The summed E-state index contributed by atoms with van der Waals surface area (Å²) < 4.78 is 4.97. The van der Waals surface area contributed by atoms with Crippen molar-refractivity contribution in [2.45, 2.75) is 51.9 Å². The fourth-order valence-electron chi connectivity index (χ4n) is 7.41. The lowest BCUT2D eigenvalue weighted by Gasteiger charge is -2.57. The maximum absolute atomic E-state index is 13.2. The van der Waals surface area contributed by atoms with Crippen molar-refractivity contribution in [1.29, 1.82) is 0 Å². The summed E-state index contributed by atoms with van der Waals surface area (Å²) in [5, 5.41) is 11.7. The number of nitro groups is 1. The molecule has 1 aliphatic heterocycles. The monoisotopic (exact) mass is 455 g/mol. The first kappa shape index (κ1) is 22.2. The predicted octanol–water partition coefficient (Wildman–Crippen LogP) is 4.03. The van der Waals surface area contributed by atoms with Gasteiger partial charge in [-0.15, -0.1) is 0 Å². The lowest BCUT2D eigenvalue weighted by atomic mass is 9.49. The number of piperazine rings is 1. The molecule has 0 aromatic heterocycles. The summed E-state index contributed by atoms with van der Waals surface area (Å²) in [5.74, 6) is 2.19. The third kappa shape index (κ3) is 4.32. The van der Waals surface area contributed by atoms with Crippen molar-refractivity contribution in [2.75, 3.05) is 37.7 Å². The Labute approximate surface area is 194 Å². The Morgan fingerprint density at radius 1 is 1.06 bits per heavy atom. The van der Waals surface area contributed by atoms with Crippen LogP contribution in [0.3, 0.4) is 0 Å². The van der Waals surface area contributed by atoms with Gasteiger partial charge in [-0.3, -0.25) is 14.9 Å². The number of ether oxygens (including phenoxy) is 1. The van der Waals surface area contributed by atoms with Gasteiger partial charge in [0, 0.05) is 38.7 Å². The van der Waals surface area contributed by atoms with Gasteiger partial charge in [-0.1, -0.05) is 0 Å². The van der Waals surface area contributed by atoms with Crippen LogP contribution in [-0.4, -0.2) is 54.5 Å². The Bertz CT molecular complexity index is 918. The summed E-state index contributed by atoms with van der Waals surface area (Å²) in [6.07, 6.45) is 8.47. The minimum atomic E-state index is -0.563. The van der Waals surface area contributed by atoms with Gasteiger partial charge in [-0.2, -0.15) is 0 Å². The maximum atomic E-state index is 13.2. The Hall–Kier alpha value is -2.64. The predicted molar refractivity (Wildman–Crippen MR) is 123 cm³/mol. The van der Waals surface area contributed by atoms with Crippen LogP contribution in [0.1, 0.15) is 62.2 Å². The average Bonchev–Trinajstić information content (AvgIpc) is 2.77. The summed E-state index contributed by atoms with van der Waals surface area (Å²) in [6.45, 7) is 4.15. The van der Waals surface area contributed by atoms with E-state index in [2.05, 4.69) is 0 Å². The summed E-state index contributed by atoms with van der Waals surface area (Å²) in [7, 11) is 0. The van der Waals surface area contributed by atoms with Crippen LogP contribution in [-0.2, 0) is 9.53 Å². The highest BCUT2D eigenvalue weighted by molar-refractivity contribution is 5.91. The maximum Gasteiger partial charge on any atom is 0.338 e. The van der Waals surface area contributed by atoms with Crippen molar-refractivity contribution >= 4 is 23.3 Å². The largest absolute Gasteiger partial charge is 0.462 e. The van der Waals surface area contributed by atoms with Gasteiger partial charge in [0.2, 0.25) is 5.91 Å². The normalized spacial score (nSPS) is 30.4. The number of benzene rings is 1. The van der Waals surface area contributed by atoms with E-state index in [-0.39, 0.29) is 29.2 Å². The van der Waals surface area contributed by atoms with E-state index in [0.29, 0.717) is 38.3 Å². The molecule has 8 heteroatoms. The van der Waals surface area contributed by atoms with E-state index >= 15 is 0 Å². The van der Waals surface area contributed by atoms with Gasteiger partial charge in [0.05, 0.1) is 17.1 Å². The van der Waals surface area contributed by atoms with Crippen molar-refractivity contribution in [3.63, 3.8) is 0 Å². The van der Waals surface area contributed by atoms with Gasteiger partial charge < -0.3 is 14.5 Å². The van der Waals surface area contributed by atoms with Gasteiger partial charge in [0.1, 0.15) is 5.69 Å². The van der Waals surface area contributed by atoms with Crippen molar-refractivity contribution in [3.05, 3.63) is 33.9 Å². The molecule has 0 atom stereocenters. The summed E-state index contributed by atoms with van der Waals surface area (Å²) in [5.41, 5.74) is 0.789. The molecule has 4 bridgehead atoms. The molecule has 1 aromatic carbocycles. The van der Waals surface area contributed by atoms with E-state index in [1.54, 1.807) is 19.1 Å². The van der Waals surface area contributed by atoms with E-state index in [4.69, 9.17) is 4.74 Å². The number of hydrogen-bond donors (Lipinski definition) is 0. The molecule has 0 radical (unpaired) electrons. The smallest absolute Gasteiger partial charge is 0.338 e. The first-order chi connectivity index (χ1) is 15.9. The molecule has 1 saturated heterocycles. The highest BCUT2D eigenvalue weighted by Crippen LogP contribution is 2.61. The minimum absolute atomic E-state index is 0.103. The highest BCUT2D eigenvalue weighted by atomic mass is 16.6. The van der Waals surface area contributed by atoms with Crippen LogP contribution in [0.4, 0.5) is 11.4 Å². The Morgan fingerprint density at radius 2 is 1.67 bits per heavy atom. The van der Waals surface area contributed by atoms with E-state index < -0.39 is 10.9 Å². The molecular weight excluding hydrogens is 422 g/mol. The Morgan fingerprint density at radius 3 is 2.21 bits per heavy atom. The summed E-state index contributed by atoms with van der Waals surface area (Å²) in [4.78, 5) is 40.3. The molecule has 5 aliphatic rings. The summed E-state index contributed by atoms with van der Waals surface area (Å²) >= 11 is 0. The van der Waals surface area contributed by atoms with Crippen molar-refractivity contribution < 1.29 is 19.2 Å². The lowest BCUT2D eigenvalue weighted by molar-refractivity contribution is -0.384. The van der Waals surface area contributed by atoms with Gasteiger partial charge in [0.15, 0.2) is 0 Å². The molecule has 0 unspecified atom stereocenters. The van der Waals surface area contributed by atoms with Crippen LogP contribution in [0.25, 0.3) is 0 Å². The molecule has 8 nitrogen and oxygen atoms in total. The van der Waals surface area contributed by atoms with Crippen LogP contribution >= 0.6 is 0 Å². The molecule has 1 heterocycles. The number of rotatable bonds is 6. The molecule has 6 rings (SSSR count). The van der Waals surface area contributed by atoms with Gasteiger partial charge in [0.25, 0.3) is 5.69 Å². The number of carbonyl (C=O) groups is 2. The van der Waals surface area contributed by atoms with Crippen LogP contribution in [0.5, 0.6) is 0 Å². The standard InChI is InChI=1S/C25H33N3O5/c1-2-33-24(30)20-3-4-21(22(12-20)28(31)32)26-5-7-27(8-6-26)23(29)16-25-13-17-9-18(14-25)11-19(10-17)15-25/h3-4,12,17-19H,2,5-11,13-16H2,1H3. The molecule has 4 saturated carbocycles. The zero-order chi connectivity index (χ0) is 23.2. The second-order valence-corrected chi connectivity index (χ2v) is 10.6. The molecule has 0 spiro atoms. The topological polar surface area (TPSA) is 93.0 Å². The average molecular weight is 456 g/mol. The third-order valence-corrected chi connectivity index (χ3v) is 8.35. The Kier molecular flexibility index (Phi) is 5.79. The quantitative estimate of drug-likeness (QED) is 0.365. The molecule has 178 valence electrons. The van der Waals surface area contributed by atoms with Gasteiger partial charge in [-0.25, -0.2) is 4.79 Å². The van der Waals surface area contributed by atoms with Crippen LogP contribution in [0.2, 0.25) is 0 Å². The number of hydrogen-bond acceptors (Lipinski definition) is 6. The second kappa shape index (κ2) is 8.61. The van der Waals surface area contributed by atoms with Crippen molar-refractivity contribution in [3.8, 4) is 0 Å². The van der Waals surface area contributed by atoms with Crippen LogP contribution < -0.4 is 4.90 Å². The number of nitro benzene ring substituents is 1. The first-order valence-electron chi connectivity index (χ1n) is 12.3. The van der Waals surface area contributed by atoms with E-state index in [1.165, 1.54) is 44.6 Å². The van der Waals surface area contributed by atoms with Gasteiger partial charge >= 0.3 is 5.97 Å². The van der Waals surface area contributed by atoms with E-state index in [1.807, 2.05) is 9.80 Å². The Balaban J connectivity index is 1.22. The molecular formula is C25H33N3O5. The number of amides is 1. The fourth-order valence-corrected chi connectivity index (χ4v) is 7.41. The van der Waals surface area contributed by atoms with Crippen LogP contribution in [0, 0.1) is 33.3 Å². The lowest BCUT2D eigenvalue weighted by Crippen LogP contribution is -2.52.